The molecule has 1 fully saturated rings. The number of benzene rings is 1. The molecule has 25 heavy (non-hydrogen) atoms. The molecule has 1 saturated heterocycles. The molecule has 0 bridgehead atoms. The van der Waals surface area contributed by atoms with Crippen LogP contribution in [-0.2, 0) is 6.54 Å². The minimum Gasteiger partial charge on any atom is -0.477 e. The first kappa shape index (κ1) is 16.6. The summed E-state index contributed by atoms with van der Waals surface area (Å²) in [4.78, 5) is 36.8. The van der Waals surface area contributed by atoms with Crippen LogP contribution in [0.1, 0.15) is 10.4 Å². The lowest BCUT2D eigenvalue weighted by Crippen LogP contribution is -2.31. The Bertz CT molecular complexity index is 847. The maximum atomic E-state index is 12.3. The van der Waals surface area contributed by atoms with Gasteiger partial charge in [-0.3, -0.25) is 4.79 Å². The molecule has 2 aromatic rings. The van der Waals surface area contributed by atoms with Gasteiger partial charge in [0.2, 0.25) is 5.43 Å². The quantitative estimate of drug-likeness (QED) is 0.825. The topological polar surface area (TPSA) is 101 Å². The molecule has 0 saturated carbocycles. The molecule has 0 atom stereocenters. The number of hydrogen-bond acceptors (Lipinski definition) is 4. The number of pyridine rings is 1. The van der Waals surface area contributed by atoms with Crippen molar-refractivity contribution in [2.24, 2.45) is 0 Å². The zero-order chi connectivity index (χ0) is 17.8. The van der Waals surface area contributed by atoms with Gasteiger partial charge < -0.3 is 24.6 Å². The molecule has 1 aromatic heterocycles. The van der Waals surface area contributed by atoms with Gasteiger partial charge in [-0.1, -0.05) is 18.2 Å². The molecule has 0 aliphatic carbocycles. The van der Waals surface area contributed by atoms with E-state index in [4.69, 9.17) is 4.74 Å². The number of carboxylic acids is 1. The third kappa shape index (κ3) is 3.79. The molecular formula is C17H17N3O5. The van der Waals surface area contributed by atoms with Crippen LogP contribution in [-0.4, -0.2) is 46.2 Å². The van der Waals surface area contributed by atoms with Crippen LogP contribution in [0.15, 0.2) is 47.5 Å². The summed E-state index contributed by atoms with van der Waals surface area (Å²) in [6.45, 7) is 1.93. The van der Waals surface area contributed by atoms with Gasteiger partial charge in [-0.15, -0.1) is 0 Å². The van der Waals surface area contributed by atoms with Gasteiger partial charge in [0, 0.05) is 32.4 Å². The van der Waals surface area contributed by atoms with Crippen molar-refractivity contribution in [1.82, 2.24) is 14.8 Å². The first-order valence-corrected chi connectivity index (χ1v) is 7.77. The third-order valence-electron chi connectivity index (χ3n) is 3.82. The normalized spacial score (nSPS) is 13.6. The first-order valence-electron chi connectivity index (χ1n) is 7.77. The Morgan fingerprint density at radius 3 is 2.56 bits per heavy atom. The van der Waals surface area contributed by atoms with E-state index in [2.05, 4.69) is 5.32 Å². The maximum Gasteiger partial charge on any atom is 0.341 e. The van der Waals surface area contributed by atoms with Crippen molar-refractivity contribution < 1.29 is 19.4 Å². The molecule has 2 amide bonds. The molecule has 0 unspecified atom stereocenters. The Hall–Kier alpha value is -3.29. The number of urea groups is 1. The second-order valence-electron chi connectivity index (χ2n) is 5.54. The molecule has 8 heteroatoms. The van der Waals surface area contributed by atoms with Crippen LogP contribution in [0, 0.1) is 0 Å². The van der Waals surface area contributed by atoms with Crippen LogP contribution in [0.25, 0.3) is 0 Å². The summed E-state index contributed by atoms with van der Waals surface area (Å²) in [6.07, 6.45) is 2.71. The van der Waals surface area contributed by atoms with Crippen molar-refractivity contribution in [3.8, 4) is 11.5 Å². The number of nitrogens with zero attached hydrogens (tertiary/aromatic N) is 2. The van der Waals surface area contributed by atoms with Crippen molar-refractivity contribution in [2.75, 3.05) is 19.6 Å². The van der Waals surface area contributed by atoms with Crippen LogP contribution in [0.2, 0.25) is 0 Å². The number of carbonyl (C=O) groups is 2. The monoisotopic (exact) mass is 343 g/mol. The molecule has 0 radical (unpaired) electrons. The largest absolute Gasteiger partial charge is 0.477 e. The molecule has 1 aliphatic heterocycles. The highest BCUT2D eigenvalue weighted by Crippen LogP contribution is 2.18. The molecule has 2 N–H and O–H groups in total. The number of aromatic nitrogens is 1. The summed E-state index contributed by atoms with van der Waals surface area (Å²) < 4.78 is 7.09. The molecular weight excluding hydrogens is 326 g/mol. The number of aromatic carboxylic acids is 1. The van der Waals surface area contributed by atoms with E-state index in [-0.39, 0.29) is 17.3 Å². The van der Waals surface area contributed by atoms with E-state index in [1.165, 1.54) is 12.4 Å². The number of para-hydroxylation sites is 1. The van der Waals surface area contributed by atoms with Gasteiger partial charge in [-0.25, -0.2) is 9.59 Å². The molecule has 130 valence electrons. The second kappa shape index (κ2) is 7.08. The molecule has 3 rings (SSSR count). The summed E-state index contributed by atoms with van der Waals surface area (Å²) in [6, 6.07) is 8.50. The average molecular weight is 343 g/mol. The Kier molecular flexibility index (Phi) is 4.69. The molecule has 2 heterocycles. The summed E-state index contributed by atoms with van der Waals surface area (Å²) in [5.41, 5.74) is -1.06. The summed E-state index contributed by atoms with van der Waals surface area (Å²) >= 11 is 0. The lowest BCUT2D eigenvalue weighted by atomic mass is 10.2. The second-order valence-corrected chi connectivity index (χ2v) is 5.54. The van der Waals surface area contributed by atoms with E-state index in [1.807, 2.05) is 0 Å². The van der Waals surface area contributed by atoms with Gasteiger partial charge in [0.05, 0.1) is 6.20 Å². The molecule has 1 aliphatic rings. The first-order chi connectivity index (χ1) is 12.0. The molecule has 0 spiro atoms. The Morgan fingerprint density at radius 2 is 1.92 bits per heavy atom. The smallest absolute Gasteiger partial charge is 0.341 e. The van der Waals surface area contributed by atoms with Gasteiger partial charge in [0.25, 0.3) is 0 Å². The summed E-state index contributed by atoms with van der Waals surface area (Å²) in [5.74, 6) is -0.958. The number of carbonyl (C=O) groups excluding carboxylic acids is 1. The van der Waals surface area contributed by atoms with E-state index in [9.17, 15) is 19.5 Å². The predicted octanol–water partition coefficient (Wildman–Crippen LogP) is 1.36. The number of carboxylic acid groups (broad SMARTS) is 1. The zero-order valence-corrected chi connectivity index (χ0v) is 13.3. The number of amides is 2. The van der Waals surface area contributed by atoms with Crippen molar-refractivity contribution >= 4 is 12.0 Å². The van der Waals surface area contributed by atoms with Crippen LogP contribution in [0.3, 0.4) is 0 Å². The average Bonchev–Trinajstić information content (AvgIpc) is 3.01. The highest BCUT2D eigenvalue weighted by molar-refractivity contribution is 5.87. The molecule has 1 aromatic carbocycles. The van der Waals surface area contributed by atoms with E-state index < -0.39 is 11.4 Å². The Labute approximate surface area is 143 Å². The fraction of sp³-hybridized carbons (Fsp3) is 0.235. The lowest BCUT2D eigenvalue weighted by Gasteiger charge is -2.16. The SMILES string of the molecule is O=C(O)c1cn(CCN2CCNC2=O)cc(Oc2ccccc2)c1=O. The summed E-state index contributed by atoms with van der Waals surface area (Å²) in [7, 11) is 0. The number of rotatable bonds is 6. The highest BCUT2D eigenvalue weighted by atomic mass is 16.5. The van der Waals surface area contributed by atoms with Crippen LogP contribution in [0.5, 0.6) is 11.5 Å². The van der Waals surface area contributed by atoms with Crippen LogP contribution in [0.4, 0.5) is 4.79 Å². The van der Waals surface area contributed by atoms with Crippen molar-refractivity contribution in [2.45, 2.75) is 6.54 Å². The van der Waals surface area contributed by atoms with E-state index in [0.29, 0.717) is 31.9 Å². The molecule has 8 nitrogen and oxygen atoms in total. The van der Waals surface area contributed by atoms with Gasteiger partial charge in [0.1, 0.15) is 11.3 Å². The van der Waals surface area contributed by atoms with E-state index in [0.717, 1.165) is 0 Å². The Balaban J connectivity index is 1.86. The fourth-order valence-electron chi connectivity index (χ4n) is 2.53. The number of nitrogens with one attached hydrogen (secondary N) is 1. The van der Waals surface area contributed by atoms with Crippen LogP contribution < -0.4 is 15.5 Å². The van der Waals surface area contributed by atoms with Gasteiger partial charge in [-0.05, 0) is 12.1 Å². The van der Waals surface area contributed by atoms with Crippen molar-refractivity contribution in [3.63, 3.8) is 0 Å². The fourth-order valence-corrected chi connectivity index (χ4v) is 2.53. The van der Waals surface area contributed by atoms with E-state index >= 15 is 0 Å². The van der Waals surface area contributed by atoms with Gasteiger partial charge in [0.15, 0.2) is 5.75 Å². The van der Waals surface area contributed by atoms with Crippen LogP contribution >= 0.6 is 0 Å². The standard InChI is InChI=1S/C17H17N3O5/c21-15-13(16(22)23)10-19(8-9-20-7-6-18-17(20)24)11-14(15)25-12-4-2-1-3-5-12/h1-5,10-11H,6-9H2,(H,18,24)(H,22,23). The predicted molar refractivity (Wildman–Crippen MR) is 89.1 cm³/mol. The van der Waals surface area contributed by atoms with Gasteiger partial charge in [-0.2, -0.15) is 0 Å². The maximum absolute atomic E-state index is 12.3. The zero-order valence-electron chi connectivity index (χ0n) is 13.3. The minimum absolute atomic E-state index is 0.0722. The number of ether oxygens (including phenoxy) is 1. The minimum atomic E-state index is -1.32. The number of hydrogen-bond donors (Lipinski definition) is 2. The van der Waals surface area contributed by atoms with E-state index in [1.54, 1.807) is 39.8 Å². The van der Waals surface area contributed by atoms with Crippen molar-refractivity contribution in [1.29, 1.82) is 0 Å². The van der Waals surface area contributed by atoms with Crippen molar-refractivity contribution in [3.05, 3.63) is 58.5 Å². The Morgan fingerprint density at radius 1 is 1.16 bits per heavy atom. The summed E-state index contributed by atoms with van der Waals surface area (Å²) in [5, 5.41) is 12.0. The van der Waals surface area contributed by atoms with Gasteiger partial charge >= 0.3 is 12.0 Å². The third-order valence-corrected chi connectivity index (χ3v) is 3.82. The highest BCUT2D eigenvalue weighted by Gasteiger charge is 2.20. The lowest BCUT2D eigenvalue weighted by molar-refractivity contribution is 0.0693.